The van der Waals surface area contributed by atoms with Gasteiger partial charge in [0.15, 0.2) is 0 Å². The third-order valence-electron chi connectivity index (χ3n) is 6.21. The molecule has 1 atom stereocenters. The minimum absolute atomic E-state index is 0.133. The van der Waals surface area contributed by atoms with Crippen LogP contribution >= 0.6 is 34.7 Å². The lowest BCUT2D eigenvalue weighted by molar-refractivity contribution is -0.113. The van der Waals surface area contributed by atoms with Gasteiger partial charge in [0.1, 0.15) is 16.2 Å². The molecule has 1 amide bonds. The number of aromatic nitrogens is 1. The quantitative estimate of drug-likeness (QED) is 0.209. The van der Waals surface area contributed by atoms with Gasteiger partial charge in [-0.05, 0) is 60.4 Å². The summed E-state index contributed by atoms with van der Waals surface area (Å²) in [4.78, 5) is 23.6. The van der Waals surface area contributed by atoms with E-state index in [9.17, 15) is 10.1 Å². The maximum atomic E-state index is 12.8. The van der Waals surface area contributed by atoms with Crippen LogP contribution in [0.5, 0.6) is 0 Å². The number of fused-ring (bicyclic) bond motifs is 1. The van der Waals surface area contributed by atoms with Crippen molar-refractivity contribution >= 4 is 57.5 Å². The van der Waals surface area contributed by atoms with E-state index in [0.29, 0.717) is 21.6 Å². The van der Waals surface area contributed by atoms with Gasteiger partial charge in [0.25, 0.3) is 0 Å². The number of pyridine rings is 1. The Kier molecular flexibility index (Phi) is 7.95. The van der Waals surface area contributed by atoms with Crippen molar-refractivity contribution < 1.29 is 4.79 Å². The van der Waals surface area contributed by atoms with Gasteiger partial charge in [0.05, 0.1) is 17.0 Å². The Morgan fingerprint density at radius 3 is 2.89 bits per heavy atom. The molecule has 2 heterocycles. The van der Waals surface area contributed by atoms with E-state index >= 15 is 0 Å². The van der Waals surface area contributed by atoms with E-state index < -0.39 is 0 Å². The number of aliphatic imine (C=N–C) groups is 1. The zero-order chi connectivity index (χ0) is 25.0. The molecule has 180 valence electrons. The van der Waals surface area contributed by atoms with Crippen molar-refractivity contribution in [2.24, 2.45) is 16.3 Å². The van der Waals surface area contributed by atoms with Crippen LogP contribution in [0.15, 0.2) is 52.5 Å². The molecular formula is C27H27ClN4OS2. The number of nitriles is 1. The van der Waals surface area contributed by atoms with E-state index in [1.807, 2.05) is 30.3 Å². The molecule has 0 saturated heterocycles. The average Bonchev–Trinajstić information content (AvgIpc) is 3.18. The zero-order valence-electron chi connectivity index (χ0n) is 20.0. The summed E-state index contributed by atoms with van der Waals surface area (Å²) < 4.78 is 0. The Morgan fingerprint density at radius 2 is 2.14 bits per heavy atom. The number of benzene rings is 1. The van der Waals surface area contributed by atoms with Crippen molar-refractivity contribution in [1.29, 1.82) is 5.26 Å². The number of nitrogens with zero attached hydrogens (tertiary/aromatic N) is 3. The molecule has 1 N–H and O–H groups in total. The fourth-order valence-electron chi connectivity index (χ4n) is 4.16. The number of thiophene rings is 1. The van der Waals surface area contributed by atoms with Crippen LogP contribution in [0.3, 0.4) is 0 Å². The number of anilines is 1. The van der Waals surface area contributed by atoms with Crippen molar-refractivity contribution in [1.82, 2.24) is 4.98 Å². The smallest absolute Gasteiger partial charge is 0.235 e. The van der Waals surface area contributed by atoms with Crippen molar-refractivity contribution in [2.45, 2.75) is 44.9 Å². The van der Waals surface area contributed by atoms with E-state index in [0.717, 1.165) is 41.0 Å². The normalized spacial score (nSPS) is 15.6. The molecule has 0 aliphatic heterocycles. The van der Waals surface area contributed by atoms with Crippen molar-refractivity contribution in [3.8, 4) is 6.07 Å². The van der Waals surface area contributed by atoms with E-state index in [2.05, 4.69) is 42.1 Å². The van der Waals surface area contributed by atoms with Gasteiger partial charge in [0.2, 0.25) is 5.91 Å². The number of thioether (sulfide) groups is 1. The van der Waals surface area contributed by atoms with Crippen LogP contribution in [-0.2, 0) is 17.6 Å². The summed E-state index contributed by atoms with van der Waals surface area (Å²) in [6.07, 6.45) is 6.25. The average molecular weight is 523 g/mol. The van der Waals surface area contributed by atoms with Gasteiger partial charge in [-0.2, -0.15) is 5.26 Å². The van der Waals surface area contributed by atoms with E-state index in [1.54, 1.807) is 29.8 Å². The lowest BCUT2D eigenvalue weighted by Crippen LogP contribution is -2.26. The highest BCUT2D eigenvalue weighted by atomic mass is 35.5. The maximum absolute atomic E-state index is 12.8. The minimum Gasteiger partial charge on any atom is -0.316 e. The molecule has 0 saturated carbocycles. The van der Waals surface area contributed by atoms with Crippen molar-refractivity contribution in [3.63, 3.8) is 0 Å². The molecule has 2 aromatic heterocycles. The lowest BCUT2D eigenvalue weighted by atomic mass is 9.72. The molecule has 8 heteroatoms. The first-order valence-electron chi connectivity index (χ1n) is 11.5. The van der Waals surface area contributed by atoms with Crippen LogP contribution in [0.4, 0.5) is 10.7 Å². The highest BCUT2D eigenvalue weighted by Gasteiger charge is 2.32. The SMILES string of the molecule is CC(C)(C)C1CCc2c(sc(NC(=O)CSc3ccccc3N=Cc3cccnc3Cl)c2C#N)C1. The maximum Gasteiger partial charge on any atom is 0.235 e. The van der Waals surface area contributed by atoms with Crippen molar-refractivity contribution in [2.75, 3.05) is 11.1 Å². The second-order valence-corrected chi connectivity index (χ2v) is 12.1. The van der Waals surface area contributed by atoms with Gasteiger partial charge in [0, 0.05) is 27.7 Å². The van der Waals surface area contributed by atoms with Crippen molar-refractivity contribution in [3.05, 3.63) is 69.3 Å². The summed E-state index contributed by atoms with van der Waals surface area (Å²) in [5.41, 5.74) is 3.46. The molecule has 0 fully saturated rings. The summed E-state index contributed by atoms with van der Waals surface area (Å²) in [5, 5.41) is 13.9. The fraction of sp³-hybridized carbons (Fsp3) is 0.333. The number of para-hydroxylation sites is 1. The molecule has 1 unspecified atom stereocenters. The first-order chi connectivity index (χ1) is 16.8. The number of nitrogens with one attached hydrogen (secondary N) is 1. The Hall–Kier alpha value is -2.66. The Labute approximate surface area is 219 Å². The summed E-state index contributed by atoms with van der Waals surface area (Å²) >= 11 is 9.09. The summed E-state index contributed by atoms with van der Waals surface area (Å²) in [5.74, 6) is 0.669. The molecule has 3 aromatic rings. The molecule has 0 bridgehead atoms. The van der Waals surface area contributed by atoms with Crippen LogP contribution in [0, 0.1) is 22.7 Å². The lowest BCUT2D eigenvalue weighted by Gasteiger charge is -2.33. The molecule has 1 aliphatic carbocycles. The van der Waals surface area contributed by atoms with E-state index in [1.165, 1.54) is 16.6 Å². The molecule has 35 heavy (non-hydrogen) atoms. The molecule has 5 nitrogen and oxygen atoms in total. The van der Waals surface area contributed by atoms with Crippen LogP contribution in [0.25, 0.3) is 0 Å². The van der Waals surface area contributed by atoms with E-state index in [-0.39, 0.29) is 17.1 Å². The summed E-state index contributed by atoms with van der Waals surface area (Å²) in [7, 11) is 0. The number of hydrogen-bond acceptors (Lipinski definition) is 6. The van der Waals surface area contributed by atoms with Gasteiger partial charge in [-0.3, -0.25) is 9.79 Å². The van der Waals surface area contributed by atoms with Gasteiger partial charge in [-0.15, -0.1) is 23.1 Å². The first kappa shape index (κ1) is 25.4. The number of rotatable bonds is 6. The second-order valence-electron chi connectivity index (χ2n) is 9.57. The van der Waals surface area contributed by atoms with E-state index in [4.69, 9.17) is 11.6 Å². The molecule has 1 aromatic carbocycles. The Morgan fingerprint density at radius 1 is 1.34 bits per heavy atom. The Balaban J connectivity index is 1.43. The number of carbonyl (C=O) groups excluding carboxylic acids is 1. The van der Waals surface area contributed by atoms with Crippen LogP contribution in [0.2, 0.25) is 5.15 Å². The highest BCUT2D eigenvalue weighted by Crippen LogP contribution is 2.44. The summed E-state index contributed by atoms with van der Waals surface area (Å²) in [6, 6.07) is 13.6. The Bertz CT molecular complexity index is 1300. The topological polar surface area (TPSA) is 78.1 Å². The fourth-order valence-corrected chi connectivity index (χ4v) is 6.42. The van der Waals surface area contributed by atoms with Crippen LogP contribution in [-0.4, -0.2) is 22.9 Å². The van der Waals surface area contributed by atoms with Gasteiger partial charge < -0.3 is 5.32 Å². The standard InChI is InChI=1S/C27H27ClN4OS2/c1-27(2,3)18-10-11-19-20(14-29)26(35-23(19)13-18)32-24(33)16-34-22-9-5-4-8-21(22)31-15-17-7-6-12-30-25(17)28/h4-9,12,15,18H,10-11,13,16H2,1-3H3,(H,32,33). The molecular weight excluding hydrogens is 496 g/mol. The number of hydrogen-bond donors (Lipinski definition) is 1. The third-order valence-corrected chi connectivity index (χ3v) is 8.76. The number of amides is 1. The first-order valence-corrected chi connectivity index (χ1v) is 13.6. The minimum atomic E-state index is -0.133. The number of carbonyl (C=O) groups is 1. The summed E-state index contributed by atoms with van der Waals surface area (Å²) in [6.45, 7) is 6.82. The van der Waals surface area contributed by atoms with Crippen LogP contribution in [0.1, 0.15) is 48.8 Å². The largest absolute Gasteiger partial charge is 0.316 e. The molecule has 0 spiro atoms. The molecule has 0 radical (unpaired) electrons. The third kappa shape index (κ3) is 6.13. The number of halogens is 1. The predicted molar refractivity (Wildman–Crippen MR) is 146 cm³/mol. The monoisotopic (exact) mass is 522 g/mol. The zero-order valence-corrected chi connectivity index (χ0v) is 22.4. The molecule has 1 aliphatic rings. The predicted octanol–water partition coefficient (Wildman–Crippen LogP) is 7.30. The highest BCUT2D eigenvalue weighted by molar-refractivity contribution is 8.00. The van der Waals surface area contributed by atoms with Crippen LogP contribution < -0.4 is 5.32 Å². The van der Waals surface area contributed by atoms with Gasteiger partial charge in [-0.25, -0.2) is 4.98 Å². The van der Waals surface area contributed by atoms with Gasteiger partial charge >= 0.3 is 0 Å². The van der Waals surface area contributed by atoms with Gasteiger partial charge in [-0.1, -0.05) is 44.5 Å². The second kappa shape index (κ2) is 10.9. The molecule has 4 rings (SSSR count).